The number of nitrogens with zero attached hydrogens (tertiary/aromatic N) is 1. The van der Waals surface area contributed by atoms with E-state index in [4.69, 9.17) is 0 Å². The average molecular weight is 286 g/mol. The van der Waals surface area contributed by atoms with Crippen molar-refractivity contribution < 1.29 is 18.0 Å². The van der Waals surface area contributed by atoms with Gasteiger partial charge in [-0.1, -0.05) is 6.07 Å². The largest absolute Gasteiger partial charge is 0.416 e. The molecule has 1 aliphatic carbocycles. The maximum absolute atomic E-state index is 12.6. The maximum Gasteiger partial charge on any atom is 0.416 e. The Morgan fingerprint density at radius 2 is 2.10 bits per heavy atom. The Morgan fingerprint density at radius 3 is 2.60 bits per heavy atom. The van der Waals surface area contributed by atoms with Crippen molar-refractivity contribution in [2.24, 2.45) is 0 Å². The van der Waals surface area contributed by atoms with Crippen molar-refractivity contribution in [2.75, 3.05) is 11.9 Å². The van der Waals surface area contributed by atoms with Crippen LogP contribution in [0.1, 0.15) is 31.7 Å². The Hall–Kier alpha value is -1.72. The molecule has 0 heterocycles. The van der Waals surface area contributed by atoms with Gasteiger partial charge < -0.3 is 10.2 Å². The third-order valence-corrected chi connectivity index (χ3v) is 3.56. The van der Waals surface area contributed by atoms with E-state index in [0.29, 0.717) is 6.54 Å². The lowest BCUT2D eigenvalue weighted by Gasteiger charge is -2.36. The van der Waals surface area contributed by atoms with E-state index < -0.39 is 11.7 Å². The maximum atomic E-state index is 12.6. The van der Waals surface area contributed by atoms with Crippen LogP contribution in [0.3, 0.4) is 0 Å². The molecular weight excluding hydrogens is 269 g/mol. The van der Waals surface area contributed by atoms with Crippen LogP contribution in [0.15, 0.2) is 24.3 Å². The number of rotatable bonds is 3. The molecule has 0 radical (unpaired) electrons. The van der Waals surface area contributed by atoms with Crippen molar-refractivity contribution in [1.29, 1.82) is 0 Å². The second kappa shape index (κ2) is 5.73. The highest BCUT2D eigenvalue weighted by atomic mass is 19.4. The molecular formula is C14H17F3N2O. The molecule has 0 bridgehead atoms. The smallest absolute Gasteiger partial charge is 0.322 e. The zero-order chi connectivity index (χ0) is 14.8. The minimum Gasteiger partial charge on any atom is -0.322 e. The Bertz CT molecular complexity index is 484. The molecule has 0 aromatic heterocycles. The fourth-order valence-electron chi connectivity index (χ4n) is 2.23. The minimum absolute atomic E-state index is 0.169. The number of hydrogen-bond acceptors (Lipinski definition) is 1. The predicted octanol–water partition coefficient (Wildman–Crippen LogP) is 4.11. The van der Waals surface area contributed by atoms with Gasteiger partial charge in [0.2, 0.25) is 0 Å². The van der Waals surface area contributed by atoms with Crippen molar-refractivity contribution in [1.82, 2.24) is 4.90 Å². The van der Waals surface area contributed by atoms with Gasteiger partial charge in [0.05, 0.1) is 5.56 Å². The minimum atomic E-state index is -4.40. The number of carbonyl (C=O) groups excluding carboxylic acids is 1. The Morgan fingerprint density at radius 1 is 1.40 bits per heavy atom. The lowest BCUT2D eigenvalue weighted by molar-refractivity contribution is -0.137. The zero-order valence-corrected chi connectivity index (χ0v) is 11.2. The molecule has 1 aromatic carbocycles. The fourth-order valence-corrected chi connectivity index (χ4v) is 2.23. The fraction of sp³-hybridized carbons (Fsp3) is 0.500. The number of urea groups is 1. The van der Waals surface area contributed by atoms with Crippen molar-refractivity contribution in [3.63, 3.8) is 0 Å². The highest BCUT2D eigenvalue weighted by molar-refractivity contribution is 5.89. The van der Waals surface area contributed by atoms with Gasteiger partial charge in [0, 0.05) is 18.3 Å². The molecule has 0 saturated heterocycles. The molecule has 1 aliphatic rings. The van der Waals surface area contributed by atoms with E-state index in [1.165, 1.54) is 12.1 Å². The van der Waals surface area contributed by atoms with Crippen LogP contribution in [0.4, 0.5) is 23.7 Å². The van der Waals surface area contributed by atoms with Crippen molar-refractivity contribution in [3.8, 4) is 0 Å². The molecule has 1 saturated carbocycles. The van der Waals surface area contributed by atoms with Crippen LogP contribution in [0.5, 0.6) is 0 Å². The molecule has 0 aliphatic heterocycles. The van der Waals surface area contributed by atoms with Crippen LogP contribution >= 0.6 is 0 Å². The van der Waals surface area contributed by atoms with Gasteiger partial charge in [-0.3, -0.25) is 0 Å². The van der Waals surface area contributed by atoms with E-state index >= 15 is 0 Å². The van der Waals surface area contributed by atoms with Crippen LogP contribution in [-0.2, 0) is 6.18 Å². The number of halogens is 3. The first-order valence-corrected chi connectivity index (χ1v) is 6.66. The summed E-state index contributed by atoms with van der Waals surface area (Å²) in [5, 5.41) is 2.54. The first kappa shape index (κ1) is 14.7. The van der Waals surface area contributed by atoms with Crippen LogP contribution in [0, 0.1) is 0 Å². The Kier molecular flexibility index (Phi) is 4.20. The monoisotopic (exact) mass is 286 g/mol. The summed E-state index contributed by atoms with van der Waals surface area (Å²) in [4.78, 5) is 13.7. The van der Waals surface area contributed by atoms with Crippen molar-refractivity contribution in [2.45, 2.75) is 38.4 Å². The first-order chi connectivity index (χ1) is 9.41. The van der Waals surface area contributed by atoms with Crippen LogP contribution in [-0.4, -0.2) is 23.5 Å². The second-order valence-corrected chi connectivity index (χ2v) is 4.88. The lowest BCUT2D eigenvalue weighted by atomic mass is 9.92. The zero-order valence-electron chi connectivity index (χ0n) is 11.2. The number of amides is 2. The molecule has 2 amide bonds. The molecule has 0 unspecified atom stereocenters. The van der Waals surface area contributed by atoms with Gasteiger partial charge in [0.25, 0.3) is 0 Å². The van der Waals surface area contributed by atoms with Gasteiger partial charge in [0.1, 0.15) is 0 Å². The summed E-state index contributed by atoms with van der Waals surface area (Å²) in [7, 11) is 0. The molecule has 20 heavy (non-hydrogen) atoms. The van der Waals surface area contributed by atoms with E-state index in [1.807, 2.05) is 6.92 Å². The van der Waals surface area contributed by atoms with Crippen LogP contribution in [0.2, 0.25) is 0 Å². The summed E-state index contributed by atoms with van der Waals surface area (Å²) in [6.07, 6.45) is -1.38. The molecule has 6 heteroatoms. The van der Waals surface area contributed by atoms with E-state index in [2.05, 4.69) is 5.32 Å². The van der Waals surface area contributed by atoms with Gasteiger partial charge in [-0.2, -0.15) is 13.2 Å². The summed E-state index contributed by atoms with van der Waals surface area (Å²) >= 11 is 0. The third-order valence-electron chi connectivity index (χ3n) is 3.56. The predicted molar refractivity (Wildman–Crippen MR) is 70.5 cm³/mol. The topological polar surface area (TPSA) is 32.3 Å². The first-order valence-electron chi connectivity index (χ1n) is 6.66. The lowest BCUT2D eigenvalue weighted by Crippen LogP contribution is -2.46. The van der Waals surface area contributed by atoms with E-state index in [-0.39, 0.29) is 17.8 Å². The summed E-state index contributed by atoms with van der Waals surface area (Å²) in [5.41, 5.74) is -0.593. The van der Waals surface area contributed by atoms with Gasteiger partial charge in [0.15, 0.2) is 0 Å². The number of hydrogen-bond donors (Lipinski definition) is 1. The quantitative estimate of drug-likeness (QED) is 0.891. The van der Waals surface area contributed by atoms with Crippen LogP contribution < -0.4 is 5.32 Å². The number of anilines is 1. The number of benzene rings is 1. The SMILES string of the molecule is CCN(C(=O)Nc1cccc(C(F)(F)F)c1)C1CCC1. The highest BCUT2D eigenvalue weighted by Gasteiger charge is 2.31. The standard InChI is InChI=1S/C14H17F3N2O/c1-2-19(12-7-4-8-12)13(20)18-11-6-3-5-10(9-11)14(15,16)17/h3,5-6,9,12H,2,4,7-8H2,1H3,(H,18,20). The third kappa shape index (κ3) is 3.23. The number of alkyl halides is 3. The van der Waals surface area contributed by atoms with E-state index in [0.717, 1.165) is 31.4 Å². The van der Waals surface area contributed by atoms with Gasteiger partial charge in [-0.15, -0.1) is 0 Å². The van der Waals surface area contributed by atoms with E-state index in [1.54, 1.807) is 4.90 Å². The Balaban J connectivity index is 2.07. The van der Waals surface area contributed by atoms with Crippen molar-refractivity contribution >= 4 is 11.7 Å². The Labute approximate surface area is 115 Å². The molecule has 2 rings (SSSR count). The molecule has 0 spiro atoms. The summed E-state index contributed by atoms with van der Waals surface area (Å²) in [6, 6.07) is 4.56. The molecule has 1 aromatic rings. The second-order valence-electron chi connectivity index (χ2n) is 4.88. The molecule has 0 atom stereocenters. The van der Waals surface area contributed by atoms with Gasteiger partial charge >= 0.3 is 12.2 Å². The van der Waals surface area contributed by atoms with Gasteiger partial charge in [-0.05, 0) is 44.4 Å². The van der Waals surface area contributed by atoms with Crippen molar-refractivity contribution in [3.05, 3.63) is 29.8 Å². The molecule has 110 valence electrons. The van der Waals surface area contributed by atoms with Gasteiger partial charge in [-0.25, -0.2) is 4.79 Å². The molecule has 3 nitrogen and oxygen atoms in total. The summed E-state index contributed by atoms with van der Waals surface area (Å²) in [6.45, 7) is 2.42. The highest BCUT2D eigenvalue weighted by Crippen LogP contribution is 2.31. The average Bonchev–Trinajstić information content (AvgIpc) is 2.32. The summed E-state index contributed by atoms with van der Waals surface area (Å²) < 4.78 is 37.8. The van der Waals surface area contributed by atoms with E-state index in [9.17, 15) is 18.0 Å². The van der Waals surface area contributed by atoms with Crippen LogP contribution in [0.25, 0.3) is 0 Å². The number of nitrogens with one attached hydrogen (secondary N) is 1. The molecule has 1 fully saturated rings. The molecule has 1 N–H and O–H groups in total. The normalized spacial score (nSPS) is 15.6. The number of carbonyl (C=O) groups is 1. The summed E-state index contributed by atoms with van der Waals surface area (Å²) in [5.74, 6) is 0.